The molecule has 0 unspecified atom stereocenters. The minimum atomic E-state index is -3.75. The van der Waals surface area contributed by atoms with Gasteiger partial charge in [0.25, 0.3) is 0 Å². The van der Waals surface area contributed by atoms with Crippen LogP contribution in [0.2, 0.25) is 0 Å². The lowest BCUT2D eigenvalue weighted by Crippen LogP contribution is -2.23. The SMILES string of the molecule is COC(=O)c1ccc(S(=O)(=O)NCc2ccc3c(c2)CNC3)cc1OC.Cl. The number of ether oxygens (including phenoxy) is 2. The minimum absolute atomic E-state index is 0. The molecular formula is C18H21ClN2O5S. The zero-order chi connectivity index (χ0) is 18.7. The number of carbonyl (C=O) groups is 1. The van der Waals surface area contributed by atoms with Crippen LogP contribution in [0, 0.1) is 0 Å². The van der Waals surface area contributed by atoms with Crippen LogP contribution in [0.1, 0.15) is 27.0 Å². The van der Waals surface area contributed by atoms with Crippen LogP contribution in [-0.4, -0.2) is 28.6 Å². The molecule has 0 aromatic heterocycles. The first-order chi connectivity index (χ1) is 12.4. The fraction of sp³-hybridized carbons (Fsp3) is 0.278. The summed E-state index contributed by atoms with van der Waals surface area (Å²) in [6.45, 7) is 1.81. The Kier molecular flexibility index (Phi) is 6.83. The zero-order valence-corrected chi connectivity index (χ0v) is 16.6. The minimum Gasteiger partial charge on any atom is -0.496 e. The molecular weight excluding hydrogens is 392 g/mol. The molecule has 2 N–H and O–H groups in total. The predicted octanol–water partition coefficient (Wildman–Crippen LogP) is 1.99. The van der Waals surface area contributed by atoms with Crippen LogP contribution in [0.3, 0.4) is 0 Å². The van der Waals surface area contributed by atoms with Gasteiger partial charge in [0.2, 0.25) is 10.0 Å². The first-order valence-corrected chi connectivity index (χ1v) is 9.50. The van der Waals surface area contributed by atoms with Crippen molar-refractivity contribution in [1.29, 1.82) is 0 Å². The highest BCUT2D eigenvalue weighted by Gasteiger charge is 2.20. The third kappa shape index (κ3) is 4.59. The van der Waals surface area contributed by atoms with Gasteiger partial charge in [0.05, 0.1) is 19.1 Å². The van der Waals surface area contributed by atoms with Crippen molar-refractivity contribution in [3.05, 3.63) is 58.7 Å². The smallest absolute Gasteiger partial charge is 0.341 e. The van der Waals surface area contributed by atoms with Crippen molar-refractivity contribution < 1.29 is 22.7 Å². The van der Waals surface area contributed by atoms with Crippen LogP contribution in [0.4, 0.5) is 0 Å². The molecule has 0 radical (unpaired) electrons. The standard InChI is InChI=1S/C18H20N2O5S.ClH/c1-24-17-8-15(5-6-16(17)18(21)25-2)26(22,23)20-9-12-3-4-13-10-19-11-14(13)7-12;/h3-8,19-20H,9-11H2,1-2H3;1H. The predicted molar refractivity (Wildman–Crippen MR) is 103 cm³/mol. The van der Waals surface area contributed by atoms with Crippen molar-refractivity contribution in [2.45, 2.75) is 24.5 Å². The van der Waals surface area contributed by atoms with E-state index in [-0.39, 0.29) is 35.2 Å². The molecule has 0 bridgehead atoms. The molecule has 0 fully saturated rings. The molecule has 27 heavy (non-hydrogen) atoms. The molecule has 7 nitrogen and oxygen atoms in total. The van der Waals surface area contributed by atoms with Crippen molar-refractivity contribution in [2.24, 2.45) is 0 Å². The van der Waals surface area contributed by atoms with Crippen LogP contribution in [0.5, 0.6) is 5.75 Å². The Morgan fingerprint density at radius 3 is 2.56 bits per heavy atom. The lowest BCUT2D eigenvalue weighted by Gasteiger charge is -2.11. The van der Waals surface area contributed by atoms with Gasteiger partial charge in [-0.25, -0.2) is 17.9 Å². The summed E-state index contributed by atoms with van der Waals surface area (Å²) >= 11 is 0. The Bertz CT molecular complexity index is 947. The summed E-state index contributed by atoms with van der Waals surface area (Å²) in [7, 11) is -1.14. The van der Waals surface area contributed by atoms with Gasteiger partial charge in [0.15, 0.2) is 0 Å². The molecule has 0 saturated heterocycles. The summed E-state index contributed by atoms with van der Waals surface area (Å²) in [5, 5.41) is 3.25. The number of nitrogens with one attached hydrogen (secondary N) is 2. The second-order valence-corrected chi connectivity index (χ2v) is 7.65. The monoisotopic (exact) mass is 412 g/mol. The van der Waals surface area contributed by atoms with Gasteiger partial charge in [0.1, 0.15) is 11.3 Å². The van der Waals surface area contributed by atoms with E-state index in [0.29, 0.717) is 0 Å². The summed E-state index contributed by atoms with van der Waals surface area (Å²) < 4.78 is 37.5. The van der Waals surface area contributed by atoms with E-state index in [1.54, 1.807) is 0 Å². The third-order valence-electron chi connectivity index (χ3n) is 4.26. The van der Waals surface area contributed by atoms with E-state index in [9.17, 15) is 13.2 Å². The van der Waals surface area contributed by atoms with Gasteiger partial charge in [-0.15, -0.1) is 12.4 Å². The molecule has 2 aromatic carbocycles. The van der Waals surface area contributed by atoms with Gasteiger partial charge in [-0.1, -0.05) is 18.2 Å². The maximum Gasteiger partial charge on any atom is 0.341 e. The highest BCUT2D eigenvalue weighted by Crippen LogP contribution is 2.24. The molecule has 0 saturated carbocycles. The van der Waals surface area contributed by atoms with E-state index >= 15 is 0 Å². The highest BCUT2D eigenvalue weighted by atomic mass is 35.5. The van der Waals surface area contributed by atoms with Crippen molar-refractivity contribution >= 4 is 28.4 Å². The van der Waals surface area contributed by atoms with Gasteiger partial charge in [0, 0.05) is 25.7 Å². The molecule has 0 amide bonds. The number of esters is 1. The average Bonchev–Trinajstić information content (AvgIpc) is 3.13. The number of methoxy groups -OCH3 is 2. The van der Waals surface area contributed by atoms with Gasteiger partial charge in [-0.2, -0.15) is 0 Å². The number of benzene rings is 2. The molecule has 3 rings (SSSR count). The molecule has 0 aliphatic carbocycles. The van der Waals surface area contributed by atoms with E-state index in [4.69, 9.17) is 4.74 Å². The lowest BCUT2D eigenvalue weighted by atomic mass is 10.1. The van der Waals surface area contributed by atoms with Crippen LogP contribution in [-0.2, 0) is 34.4 Å². The summed E-state index contributed by atoms with van der Waals surface area (Å²) in [4.78, 5) is 11.7. The second kappa shape index (κ2) is 8.71. The van der Waals surface area contributed by atoms with Crippen LogP contribution >= 0.6 is 12.4 Å². The van der Waals surface area contributed by atoms with Gasteiger partial charge < -0.3 is 14.8 Å². The Balaban J connectivity index is 0.00000261. The van der Waals surface area contributed by atoms with Crippen LogP contribution in [0.25, 0.3) is 0 Å². The number of sulfonamides is 1. The second-order valence-electron chi connectivity index (χ2n) is 5.88. The molecule has 2 aromatic rings. The van der Waals surface area contributed by atoms with Crippen molar-refractivity contribution in [2.75, 3.05) is 14.2 Å². The van der Waals surface area contributed by atoms with E-state index < -0.39 is 16.0 Å². The maximum absolute atomic E-state index is 12.6. The van der Waals surface area contributed by atoms with Crippen LogP contribution in [0.15, 0.2) is 41.3 Å². The Morgan fingerprint density at radius 1 is 1.11 bits per heavy atom. The number of halogens is 1. The molecule has 146 valence electrons. The number of fused-ring (bicyclic) bond motifs is 1. The van der Waals surface area contributed by atoms with Crippen molar-refractivity contribution in [3.8, 4) is 5.75 Å². The lowest BCUT2D eigenvalue weighted by molar-refractivity contribution is 0.0597. The fourth-order valence-corrected chi connectivity index (χ4v) is 3.87. The molecule has 1 aliphatic heterocycles. The number of rotatable bonds is 6. The Labute approximate surface area is 164 Å². The fourth-order valence-electron chi connectivity index (χ4n) is 2.84. The summed E-state index contributed by atoms with van der Waals surface area (Å²) in [6.07, 6.45) is 0. The van der Waals surface area contributed by atoms with Gasteiger partial charge >= 0.3 is 5.97 Å². The Morgan fingerprint density at radius 2 is 1.85 bits per heavy atom. The normalized spacial score (nSPS) is 12.8. The van der Waals surface area contributed by atoms with E-state index in [0.717, 1.165) is 18.7 Å². The summed E-state index contributed by atoms with van der Waals surface area (Å²) in [6, 6.07) is 9.95. The number of hydrogen-bond donors (Lipinski definition) is 2. The average molecular weight is 413 g/mol. The first-order valence-electron chi connectivity index (χ1n) is 8.02. The van der Waals surface area contributed by atoms with Gasteiger partial charge in [-0.3, -0.25) is 0 Å². The topological polar surface area (TPSA) is 93.7 Å². The molecule has 1 aliphatic rings. The van der Waals surface area contributed by atoms with E-state index in [1.165, 1.54) is 43.5 Å². The zero-order valence-electron chi connectivity index (χ0n) is 14.9. The van der Waals surface area contributed by atoms with Gasteiger partial charge in [-0.05, 0) is 28.8 Å². The third-order valence-corrected chi connectivity index (χ3v) is 5.66. The molecule has 1 heterocycles. The summed E-state index contributed by atoms with van der Waals surface area (Å²) in [5.74, 6) is -0.450. The van der Waals surface area contributed by atoms with E-state index in [1.807, 2.05) is 18.2 Å². The molecule has 0 atom stereocenters. The molecule has 9 heteroatoms. The van der Waals surface area contributed by atoms with Crippen molar-refractivity contribution in [1.82, 2.24) is 10.0 Å². The maximum atomic E-state index is 12.6. The van der Waals surface area contributed by atoms with Crippen LogP contribution < -0.4 is 14.8 Å². The number of hydrogen-bond acceptors (Lipinski definition) is 6. The van der Waals surface area contributed by atoms with Crippen molar-refractivity contribution in [3.63, 3.8) is 0 Å². The largest absolute Gasteiger partial charge is 0.496 e. The Hall–Kier alpha value is -2.13. The quantitative estimate of drug-likeness (QED) is 0.705. The summed E-state index contributed by atoms with van der Waals surface area (Å²) in [5.41, 5.74) is 3.47. The van der Waals surface area contributed by atoms with E-state index in [2.05, 4.69) is 14.8 Å². The first kappa shape index (κ1) is 21.2. The number of carbonyl (C=O) groups excluding carboxylic acids is 1. The highest BCUT2D eigenvalue weighted by molar-refractivity contribution is 7.89. The molecule has 0 spiro atoms.